The summed E-state index contributed by atoms with van der Waals surface area (Å²) in [6.07, 6.45) is 0. The van der Waals surface area contributed by atoms with Crippen molar-refractivity contribution in [1.82, 2.24) is 4.57 Å². The summed E-state index contributed by atoms with van der Waals surface area (Å²) in [5.41, 5.74) is 13.0. The van der Waals surface area contributed by atoms with Crippen molar-refractivity contribution in [2.24, 2.45) is 0 Å². The molecule has 0 unspecified atom stereocenters. The minimum atomic E-state index is -0.108. The van der Waals surface area contributed by atoms with Crippen LogP contribution in [-0.2, 0) is 5.41 Å². The molecule has 0 fully saturated rings. The molecule has 2 heteroatoms. The number of benzene rings is 7. The molecule has 0 bridgehead atoms. The molecule has 0 saturated heterocycles. The highest BCUT2D eigenvalue weighted by molar-refractivity contribution is 6.10. The molecular formula is C47H36N2. The lowest BCUT2D eigenvalue weighted by molar-refractivity contribution is 0.660. The van der Waals surface area contributed by atoms with E-state index in [1.807, 2.05) is 30.3 Å². The standard InChI is InChI=1S/C47H36N2/c1-47(2)43-19-11-9-17-39(43)40-29-28-38(32-44(40)47)48(35-13-5-3-6-14-35)37-26-23-33(24-27-37)21-22-34-25-30-46-42(31-34)41-18-10-12-20-45(41)49(46)36-15-7-4-8-16-36/h3-32H,1-2H3/b22-21+/i21D,22D. The van der Waals surface area contributed by atoms with E-state index in [0.717, 1.165) is 50.1 Å². The van der Waals surface area contributed by atoms with Crippen LogP contribution in [0.5, 0.6) is 0 Å². The number of rotatable bonds is 6. The molecule has 8 aromatic rings. The molecule has 0 aliphatic heterocycles. The number of aromatic nitrogens is 1. The molecule has 0 saturated carbocycles. The van der Waals surface area contributed by atoms with Crippen molar-refractivity contribution in [2.45, 2.75) is 19.3 Å². The summed E-state index contributed by atoms with van der Waals surface area (Å²) in [6.45, 7) is 4.62. The second-order valence-corrected chi connectivity index (χ2v) is 13.3. The van der Waals surface area contributed by atoms with Gasteiger partial charge >= 0.3 is 0 Å². The van der Waals surface area contributed by atoms with Crippen molar-refractivity contribution >= 4 is 51.0 Å². The zero-order chi connectivity index (χ0) is 34.7. The van der Waals surface area contributed by atoms with E-state index in [1.54, 1.807) is 0 Å². The monoisotopic (exact) mass is 630 g/mol. The van der Waals surface area contributed by atoms with Crippen molar-refractivity contribution < 1.29 is 2.74 Å². The summed E-state index contributed by atoms with van der Waals surface area (Å²) in [4.78, 5) is 2.27. The van der Waals surface area contributed by atoms with Gasteiger partial charge in [-0.15, -0.1) is 0 Å². The van der Waals surface area contributed by atoms with Gasteiger partial charge in [0.25, 0.3) is 0 Å². The molecule has 7 aromatic carbocycles. The molecule has 0 spiro atoms. The topological polar surface area (TPSA) is 8.17 Å². The molecule has 0 radical (unpaired) electrons. The van der Waals surface area contributed by atoms with E-state index >= 15 is 0 Å². The molecule has 2 nitrogen and oxygen atoms in total. The fraction of sp³-hybridized carbons (Fsp3) is 0.0638. The highest BCUT2D eigenvalue weighted by Crippen LogP contribution is 2.50. The first kappa shape index (κ1) is 26.9. The smallest absolute Gasteiger partial charge is 0.0629 e. The van der Waals surface area contributed by atoms with Gasteiger partial charge in [-0.05, 0) is 100 Å². The maximum atomic E-state index is 9.16. The van der Waals surface area contributed by atoms with E-state index < -0.39 is 0 Å². The first-order valence-electron chi connectivity index (χ1n) is 17.9. The van der Waals surface area contributed by atoms with Crippen LogP contribution in [0.15, 0.2) is 170 Å². The van der Waals surface area contributed by atoms with Gasteiger partial charge in [0.2, 0.25) is 0 Å². The lowest BCUT2D eigenvalue weighted by Crippen LogP contribution is -2.16. The van der Waals surface area contributed by atoms with Gasteiger partial charge in [0, 0.05) is 38.9 Å². The number of nitrogens with zero attached hydrogens (tertiary/aromatic N) is 2. The maximum Gasteiger partial charge on any atom is 0.0629 e. The lowest BCUT2D eigenvalue weighted by Gasteiger charge is -2.28. The predicted molar refractivity (Wildman–Crippen MR) is 208 cm³/mol. The van der Waals surface area contributed by atoms with Gasteiger partial charge in [-0.25, -0.2) is 0 Å². The van der Waals surface area contributed by atoms with Crippen LogP contribution in [0.4, 0.5) is 17.1 Å². The van der Waals surface area contributed by atoms with Gasteiger partial charge in [-0.1, -0.05) is 129 Å². The second-order valence-electron chi connectivity index (χ2n) is 13.3. The third-order valence-electron chi connectivity index (χ3n) is 10.0. The molecule has 0 amide bonds. The fourth-order valence-electron chi connectivity index (χ4n) is 7.60. The Morgan fingerprint density at radius 2 is 1.08 bits per heavy atom. The number of fused-ring (bicyclic) bond motifs is 6. The molecular weight excluding hydrogens is 593 g/mol. The van der Waals surface area contributed by atoms with E-state index in [9.17, 15) is 0 Å². The molecule has 1 aliphatic carbocycles. The van der Waals surface area contributed by atoms with Gasteiger partial charge in [0.15, 0.2) is 0 Å². The molecule has 1 heterocycles. The van der Waals surface area contributed by atoms with Crippen LogP contribution in [-0.4, -0.2) is 4.57 Å². The van der Waals surface area contributed by atoms with Crippen LogP contribution in [0.1, 0.15) is 38.8 Å². The highest BCUT2D eigenvalue weighted by Gasteiger charge is 2.35. The van der Waals surface area contributed by atoms with Crippen molar-refractivity contribution in [1.29, 1.82) is 0 Å². The summed E-state index contributed by atoms with van der Waals surface area (Å²) in [7, 11) is 0. The first-order chi connectivity index (χ1) is 24.9. The fourth-order valence-corrected chi connectivity index (χ4v) is 7.60. The molecule has 9 rings (SSSR count). The van der Waals surface area contributed by atoms with Crippen molar-refractivity contribution in [2.75, 3.05) is 4.90 Å². The minimum Gasteiger partial charge on any atom is -0.310 e. The van der Waals surface area contributed by atoms with Crippen LogP contribution in [0.2, 0.25) is 0 Å². The minimum absolute atomic E-state index is 0.108. The van der Waals surface area contributed by atoms with Crippen LogP contribution in [0.3, 0.4) is 0 Å². The Bertz CT molecular complexity index is 2620. The largest absolute Gasteiger partial charge is 0.310 e. The Kier molecular flexibility index (Phi) is 6.33. The third kappa shape index (κ3) is 4.88. The molecule has 0 atom stereocenters. The molecule has 1 aromatic heterocycles. The number of hydrogen-bond acceptors (Lipinski definition) is 1. The zero-order valence-corrected chi connectivity index (χ0v) is 27.6. The Balaban J connectivity index is 1.09. The van der Waals surface area contributed by atoms with Gasteiger partial charge < -0.3 is 9.47 Å². The molecule has 234 valence electrons. The van der Waals surface area contributed by atoms with Crippen molar-refractivity contribution in [3.63, 3.8) is 0 Å². The SMILES string of the molecule is [2H]/C(=C(/[2H])c1ccc2c(c1)c1ccccc1n2-c1ccccc1)c1ccc(N(c2ccccc2)c2ccc3c(c2)C(C)(C)c2ccccc2-3)cc1. The maximum absolute atomic E-state index is 9.16. The highest BCUT2D eigenvalue weighted by atomic mass is 15.1. The van der Waals surface area contributed by atoms with Gasteiger partial charge in [-0.3, -0.25) is 0 Å². The Morgan fingerprint density at radius 3 is 1.90 bits per heavy atom. The zero-order valence-electron chi connectivity index (χ0n) is 29.6. The Hall–Kier alpha value is -6.12. The van der Waals surface area contributed by atoms with Crippen molar-refractivity contribution in [3.05, 3.63) is 192 Å². The van der Waals surface area contributed by atoms with Crippen LogP contribution in [0, 0.1) is 0 Å². The summed E-state index contributed by atoms with van der Waals surface area (Å²) in [5.74, 6) is 0. The lowest BCUT2D eigenvalue weighted by atomic mass is 9.82. The second kappa shape index (κ2) is 11.5. The Labute approximate surface area is 290 Å². The quantitative estimate of drug-likeness (QED) is 0.166. The molecule has 49 heavy (non-hydrogen) atoms. The van der Waals surface area contributed by atoms with Gasteiger partial charge in [-0.2, -0.15) is 0 Å². The average Bonchev–Trinajstić information content (AvgIpc) is 3.63. The number of anilines is 3. The molecule has 0 N–H and O–H groups in total. The van der Waals surface area contributed by atoms with Gasteiger partial charge in [0.05, 0.1) is 13.8 Å². The summed E-state index contributed by atoms with van der Waals surface area (Å²) >= 11 is 0. The van der Waals surface area contributed by atoms with Gasteiger partial charge in [0.1, 0.15) is 0 Å². The third-order valence-corrected chi connectivity index (χ3v) is 10.0. The average molecular weight is 631 g/mol. The van der Waals surface area contributed by atoms with E-state index in [4.69, 9.17) is 2.74 Å². The van der Waals surface area contributed by atoms with Crippen LogP contribution in [0.25, 0.3) is 50.7 Å². The van der Waals surface area contributed by atoms with E-state index in [0.29, 0.717) is 5.56 Å². The van der Waals surface area contributed by atoms with Crippen molar-refractivity contribution in [3.8, 4) is 16.8 Å². The summed E-state index contributed by atoms with van der Waals surface area (Å²) in [5, 5.41) is 2.20. The number of hydrogen-bond donors (Lipinski definition) is 0. The van der Waals surface area contributed by atoms with E-state index in [-0.39, 0.29) is 17.5 Å². The predicted octanol–water partition coefficient (Wildman–Crippen LogP) is 12.7. The first-order valence-corrected chi connectivity index (χ1v) is 16.9. The summed E-state index contributed by atoms with van der Waals surface area (Å²) < 4.78 is 20.6. The Morgan fingerprint density at radius 1 is 0.490 bits per heavy atom. The normalized spacial score (nSPS) is 14.2. The molecule has 1 aliphatic rings. The van der Waals surface area contributed by atoms with E-state index in [1.165, 1.54) is 22.3 Å². The van der Waals surface area contributed by atoms with Crippen LogP contribution < -0.4 is 4.90 Å². The number of para-hydroxylation sites is 3. The van der Waals surface area contributed by atoms with E-state index in [2.05, 4.69) is 163 Å². The summed E-state index contributed by atoms with van der Waals surface area (Å²) in [6, 6.07) is 59.3. The van der Waals surface area contributed by atoms with Crippen LogP contribution >= 0.6 is 0 Å².